The lowest BCUT2D eigenvalue weighted by Gasteiger charge is -2.29. The molecule has 0 aliphatic carbocycles. The van der Waals surface area contributed by atoms with E-state index >= 15 is 0 Å². The number of nitrogens with zero attached hydrogens (tertiary/aromatic N) is 3. The fourth-order valence-electron chi connectivity index (χ4n) is 5.32. The van der Waals surface area contributed by atoms with Gasteiger partial charge in [0.05, 0.1) is 5.75 Å². The highest BCUT2D eigenvalue weighted by Gasteiger charge is 2.24. The van der Waals surface area contributed by atoms with Crippen molar-refractivity contribution in [3.8, 4) is 0 Å². The largest absolute Gasteiger partial charge is 0.351 e. The second kappa shape index (κ2) is 15.0. The first-order valence-corrected chi connectivity index (χ1v) is 16.2. The fraction of sp³-hybridized carbons (Fsp3) is 0.724. The molecule has 3 rings (SSSR count). The number of sulfonamides is 1. The average Bonchev–Trinajstić information content (AvgIpc) is 2.88. The minimum atomic E-state index is -3.37. The van der Waals surface area contributed by atoms with Crippen molar-refractivity contribution in [2.24, 2.45) is 5.92 Å². The number of carbonyl (C=O) groups is 2. The van der Waals surface area contributed by atoms with Crippen molar-refractivity contribution in [1.82, 2.24) is 14.5 Å². The fourth-order valence-corrected chi connectivity index (χ4v) is 6.75. The third-order valence-corrected chi connectivity index (χ3v) is 9.51. The summed E-state index contributed by atoms with van der Waals surface area (Å²) in [7, 11) is -3.37. The number of hydrogen-bond donors (Lipinski definition) is 1. The Morgan fingerprint density at radius 2 is 1.55 bits per heavy atom. The molecular formula is C29H48N4O4S. The Hall–Kier alpha value is -1.97. The highest BCUT2D eigenvalue weighted by molar-refractivity contribution is 7.89. The Bertz CT molecular complexity index is 1020. The van der Waals surface area contributed by atoms with Gasteiger partial charge in [-0.3, -0.25) is 14.5 Å². The van der Waals surface area contributed by atoms with Crippen molar-refractivity contribution in [3.05, 3.63) is 29.3 Å². The Morgan fingerprint density at radius 1 is 0.921 bits per heavy atom. The van der Waals surface area contributed by atoms with Crippen LogP contribution in [0.2, 0.25) is 0 Å². The van der Waals surface area contributed by atoms with E-state index in [0.717, 1.165) is 69.3 Å². The molecule has 0 unspecified atom stereocenters. The summed E-state index contributed by atoms with van der Waals surface area (Å²) in [5, 5.41) is 2.82. The number of carbonyl (C=O) groups excluding carboxylic acids is 2. The van der Waals surface area contributed by atoms with Gasteiger partial charge < -0.3 is 10.2 Å². The van der Waals surface area contributed by atoms with Gasteiger partial charge in [-0.25, -0.2) is 12.7 Å². The highest BCUT2D eigenvalue weighted by Crippen LogP contribution is 2.26. The van der Waals surface area contributed by atoms with E-state index in [1.807, 2.05) is 17.0 Å². The SMILES string of the molecule is CC(=O)N1CCCCCCCN(CCC(C)C)Cc2cc(C(=O)NCCS(=O)(=O)N3CCCCC3)ccc21. The maximum atomic E-state index is 13.1. The van der Waals surface area contributed by atoms with E-state index in [4.69, 9.17) is 0 Å². The third-order valence-electron chi connectivity index (χ3n) is 7.64. The molecule has 2 aliphatic heterocycles. The lowest BCUT2D eigenvalue weighted by Crippen LogP contribution is -2.40. The molecule has 0 aromatic heterocycles. The van der Waals surface area contributed by atoms with E-state index in [1.54, 1.807) is 17.3 Å². The first-order valence-electron chi connectivity index (χ1n) is 14.6. The van der Waals surface area contributed by atoms with Gasteiger partial charge in [0.1, 0.15) is 0 Å². The van der Waals surface area contributed by atoms with Crippen LogP contribution in [-0.2, 0) is 21.4 Å². The molecule has 9 heteroatoms. The Labute approximate surface area is 230 Å². The van der Waals surface area contributed by atoms with Crippen LogP contribution in [0.15, 0.2) is 18.2 Å². The summed E-state index contributed by atoms with van der Waals surface area (Å²) < 4.78 is 26.9. The molecule has 1 aromatic rings. The van der Waals surface area contributed by atoms with Gasteiger partial charge in [0.2, 0.25) is 15.9 Å². The van der Waals surface area contributed by atoms with Crippen molar-refractivity contribution in [2.75, 3.05) is 49.9 Å². The quantitative estimate of drug-likeness (QED) is 0.520. The average molecular weight is 549 g/mol. The molecule has 2 aliphatic rings. The van der Waals surface area contributed by atoms with Crippen LogP contribution >= 0.6 is 0 Å². The highest BCUT2D eigenvalue weighted by atomic mass is 32.2. The summed E-state index contributed by atoms with van der Waals surface area (Å²) in [4.78, 5) is 30.0. The second-order valence-electron chi connectivity index (χ2n) is 11.3. The van der Waals surface area contributed by atoms with Gasteiger partial charge >= 0.3 is 0 Å². The molecule has 1 N–H and O–H groups in total. The molecule has 1 saturated heterocycles. The van der Waals surface area contributed by atoms with Gasteiger partial charge in [0.25, 0.3) is 5.91 Å². The van der Waals surface area contributed by atoms with Gasteiger partial charge in [0.15, 0.2) is 0 Å². The van der Waals surface area contributed by atoms with E-state index in [0.29, 0.717) is 37.7 Å². The number of piperidine rings is 1. The van der Waals surface area contributed by atoms with E-state index in [9.17, 15) is 18.0 Å². The molecule has 0 saturated carbocycles. The van der Waals surface area contributed by atoms with Crippen molar-refractivity contribution in [3.63, 3.8) is 0 Å². The van der Waals surface area contributed by atoms with Gasteiger partial charge in [-0.1, -0.05) is 39.5 Å². The van der Waals surface area contributed by atoms with Gasteiger partial charge in [-0.05, 0) is 74.9 Å². The molecule has 214 valence electrons. The maximum Gasteiger partial charge on any atom is 0.251 e. The maximum absolute atomic E-state index is 13.1. The van der Waals surface area contributed by atoms with Crippen LogP contribution in [0, 0.1) is 5.92 Å². The predicted octanol–water partition coefficient (Wildman–Crippen LogP) is 4.40. The van der Waals surface area contributed by atoms with Crippen LogP contribution in [0.25, 0.3) is 0 Å². The first kappa shape index (κ1) is 30.6. The van der Waals surface area contributed by atoms with Crippen molar-refractivity contribution in [1.29, 1.82) is 0 Å². The van der Waals surface area contributed by atoms with Crippen LogP contribution in [0.1, 0.15) is 94.5 Å². The number of benzene rings is 1. The molecule has 0 bridgehead atoms. The van der Waals surface area contributed by atoms with Crippen molar-refractivity contribution >= 4 is 27.5 Å². The zero-order valence-electron chi connectivity index (χ0n) is 23.7. The number of fused-ring (bicyclic) bond motifs is 1. The number of hydrogen-bond acceptors (Lipinski definition) is 5. The standard InChI is InChI=1S/C29H48N4O4S/c1-24(2)14-20-31-16-8-5-4-6-11-19-33(25(3)34)28-13-12-26(22-27(28)23-31)29(35)30-15-21-38(36,37)32-17-9-7-10-18-32/h12-13,22,24H,4-11,14-21,23H2,1-3H3,(H,30,35). The van der Waals surface area contributed by atoms with E-state index in [2.05, 4.69) is 24.1 Å². The zero-order chi connectivity index (χ0) is 27.5. The van der Waals surface area contributed by atoms with E-state index < -0.39 is 10.0 Å². The molecule has 8 nitrogen and oxygen atoms in total. The molecule has 0 atom stereocenters. The molecule has 38 heavy (non-hydrogen) atoms. The minimum Gasteiger partial charge on any atom is -0.351 e. The number of anilines is 1. The Morgan fingerprint density at radius 3 is 2.24 bits per heavy atom. The summed E-state index contributed by atoms with van der Waals surface area (Å²) >= 11 is 0. The Kier molecular flexibility index (Phi) is 12.1. The zero-order valence-corrected chi connectivity index (χ0v) is 24.5. The van der Waals surface area contributed by atoms with E-state index in [1.165, 1.54) is 12.8 Å². The summed E-state index contributed by atoms with van der Waals surface area (Å²) in [6, 6.07) is 5.55. The minimum absolute atomic E-state index is 0.0113. The summed E-state index contributed by atoms with van der Waals surface area (Å²) in [5.41, 5.74) is 2.34. The lowest BCUT2D eigenvalue weighted by atomic mass is 10.0. The predicted molar refractivity (Wildman–Crippen MR) is 154 cm³/mol. The van der Waals surface area contributed by atoms with E-state index in [-0.39, 0.29) is 24.1 Å². The molecular weight excluding hydrogens is 500 g/mol. The van der Waals surface area contributed by atoms with Crippen molar-refractivity contribution < 1.29 is 18.0 Å². The summed E-state index contributed by atoms with van der Waals surface area (Å²) in [5.74, 6) is 0.237. The molecule has 2 heterocycles. The molecule has 0 spiro atoms. The lowest BCUT2D eigenvalue weighted by molar-refractivity contribution is -0.116. The molecule has 0 radical (unpaired) electrons. The van der Waals surface area contributed by atoms with Gasteiger partial charge in [-0.2, -0.15) is 0 Å². The summed E-state index contributed by atoms with van der Waals surface area (Å²) in [6.07, 6.45) is 9.54. The smallest absolute Gasteiger partial charge is 0.251 e. The monoisotopic (exact) mass is 548 g/mol. The topological polar surface area (TPSA) is 90.0 Å². The number of nitrogens with one attached hydrogen (secondary N) is 1. The second-order valence-corrected chi connectivity index (χ2v) is 13.4. The van der Waals surface area contributed by atoms with Crippen molar-refractivity contribution in [2.45, 2.75) is 85.1 Å². The van der Waals surface area contributed by atoms with Crippen LogP contribution < -0.4 is 10.2 Å². The molecule has 1 aromatic carbocycles. The van der Waals surface area contributed by atoms with Gasteiger partial charge in [0, 0.05) is 50.9 Å². The Balaban J connectivity index is 1.78. The van der Waals surface area contributed by atoms with Crippen LogP contribution in [0.5, 0.6) is 0 Å². The summed E-state index contributed by atoms with van der Waals surface area (Å²) in [6.45, 7) is 10.6. The first-order chi connectivity index (χ1) is 18.2. The van der Waals surface area contributed by atoms with Crippen LogP contribution in [0.3, 0.4) is 0 Å². The van der Waals surface area contributed by atoms with Gasteiger partial charge in [-0.15, -0.1) is 0 Å². The third kappa shape index (κ3) is 9.35. The van der Waals surface area contributed by atoms with Crippen LogP contribution in [0.4, 0.5) is 5.69 Å². The molecule has 2 amide bonds. The van der Waals surface area contributed by atoms with Crippen LogP contribution in [-0.4, -0.2) is 74.5 Å². The number of amides is 2. The normalized spacial score (nSPS) is 18.9. The number of rotatable bonds is 8. The molecule has 1 fully saturated rings.